The van der Waals surface area contributed by atoms with Crippen LogP contribution in [0.1, 0.15) is 20.3 Å². The van der Waals surface area contributed by atoms with Crippen LogP contribution in [0.2, 0.25) is 0 Å². The standard InChI is InChI=1S/C11H6BrN3O5S/c12-6-2-1-5(3-8(6)15(19)20)13-9(16)10-14-7(4-21-10)11(17)18/h1-4H,(H,13,16)(H,17,18). The Balaban J connectivity index is 2.21. The average Bonchev–Trinajstić information content (AvgIpc) is 2.90. The van der Waals surface area contributed by atoms with E-state index >= 15 is 0 Å². The molecule has 2 N–H and O–H groups in total. The van der Waals surface area contributed by atoms with Crippen LogP contribution in [0, 0.1) is 10.1 Å². The zero-order chi connectivity index (χ0) is 15.6. The van der Waals surface area contributed by atoms with E-state index in [-0.39, 0.29) is 26.5 Å². The van der Waals surface area contributed by atoms with E-state index in [0.717, 1.165) is 11.3 Å². The minimum Gasteiger partial charge on any atom is -0.476 e. The quantitative estimate of drug-likeness (QED) is 0.629. The Bertz CT molecular complexity index is 745. The predicted molar refractivity (Wildman–Crippen MR) is 77.8 cm³/mol. The normalized spacial score (nSPS) is 10.1. The molecule has 2 aromatic rings. The van der Waals surface area contributed by atoms with Crippen LogP contribution in [0.4, 0.5) is 11.4 Å². The van der Waals surface area contributed by atoms with Crippen LogP contribution in [0.5, 0.6) is 0 Å². The number of benzene rings is 1. The van der Waals surface area contributed by atoms with Gasteiger partial charge >= 0.3 is 5.97 Å². The Morgan fingerprint density at radius 1 is 1.43 bits per heavy atom. The number of nitrogens with one attached hydrogen (secondary N) is 1. The van der Waals surface area contributed by atoms with E-state index < -0.39 is 16.8 Å². The molecular weight excluding hydrogens is 366 g/mol. The number of carboxylic acid groups (broad SMARTS) is 1. The van der Waals surface area contributed by atoms with E-state index in [1.165, 1.54) is 23.6 Å². The van der Waals surface area contributed by atoms with E-state index in [2.05, 4.69) is 26.2 Å². The number of halogens is 1. The van der Waals surface area contributed by atoms with E-state index in [4.69, 9.17) is 5.11 Å². The summed E-state index contributed by atoms with van der Waals surface area (Å²) in [6.45, 7) is 0. The summed E-state index contributed by atoms with van der Waals surface area (Å²) in [5.41, 5.74) is -0.216. The van der Waals surface area contributed by atoms with Crippen molar-refractivity contribution < 1.29 is 19.6 Å². The van der Waals surface area contributed by atoms with Crippen molar-refractivity contribution in [3.05, 3.63) is 48.9 Å². The maximum atomic E-state index is 11.9. The van der Waals surface area contributed by atoms with E-state index in [0.29, 0.717) is 0 Å². The average molecular weight is 372 g/mol. The van der Waals surface area contributed by atoms with Gasteiger partial charge in [-0.2, -0.15) is 0 Å². The summed E-state index contributed by atoms with van der Waals surface area (Å²) < 4.78 is 0.285. The fraction of sp³-hybridized carbons (Fsp3) is 0. The van der Waals surface area contributed by atoms with Gasteiger partial charge in [-0.05, 0) is 28.1 Å². The molecule has 1 heterocycles. The molecule has 0 unspecified atom stereocenters. The second kappa shape index (κ2) is 5.97. The number of carbonyl (C=O) groups excluding carboxylic acids is 1. The molecule has 1 aromatic heterocycles. The van der Waals surface area contributed by atoms with E-state index in [1.807, 2.05) is 0 Å². The number of hydrogen-bond acceptors (Lipinski definition) is 6. The molecule has 0 bridgehead atoms. The molecule has 0 saturated carbocycles. The van der Waals surface area contributed by atoms with Crippen LogP contribution < -0.4 is 5.32 Å². The molecule has 0 aliphatic carbocycles. The lowest BCUT2D eigenvalue weighted by molar-refractivity contribution is -0.385. The first kappa shape index (κ1) is 15.1. The number of amides is 1. The van der Waals surface area contributed by atoms with Gasteiger partial charge in [-0.1, -0.05) is 0 Å². The number of nitrogens with zero attached hydrogens (tertiary/aromatic N) is 2. The van der Waals surface area contributed by atoms with Gasteiger partial charge in [0.1, 0.15) is 0 Å². The molecular formula is C11H6BrN3O5S. The second-order valence-electron chi connectivity index (χ2n) is 3.72. The minimum atomic E-state index is -1.23. The molecule has 0 fully saturated rings. The highest BCUT2D eigenvalue weighted by Gasteiger charge is 2.17. The summed E-state index contributed by atoms with van der Waals surface area (Å²) >= 11 is 3.90. The number of aromatic nitrogens is 1. The number of carboxylic acids is 1. The molecule has 10 heteroatoms. The van der Waals surface area contributed by atoms with Crippen LogP contribution in [-0.2, 0) is 0 Å². The first-order valence-corrected chi connectivity index (χ1v) is 7.00. The summed E-state index contributed by atoms with van der Waals surface area (Å²) in [5, 5.41) is 23.1. The number of carbonyl (C=O) groups is 2. The number of hydrogen-bond donors (Lipinski definition) is 2. The third kappa shape index (κ3) is 3.41. The molecule has 2 rings (SSSR count). The van der Waals surface area contributed by atoms with Crippen LogP contribution in [-0.4, -0.2) is 26.9 Å². The highest BCUT2D eigenvalue weighted by molar-refractivity contribution is 9.10. The third-order valence-electron chi connectivity index (χ3n) is 2.32. The molecule has 0 aliphatic heterocycles. The Morgan fingerprint density at radius 3 is 2.71 bits per heavy atom. The van der Waals surface area contributed by atoms with Crippen molar-refractivity contribution in [2.24, 2.45) is 0 Å². The fourth-order valence-corrected chi connectivity index (χ4v) is 2.47. The molecule has 0 radical (unpaired) electrons. The van der Waals surface area contributed by atoms with Crippen LogP contribution >= 0.6 is 27.3 Å². The van der Waals surface area contributed by atoms with Crippen molar-refractivity contribution in [3.8, 4) is 0 Å². The Hall–Kier alpha value is -2.33. The molecule has 0 aliphatic rings. The Kier molecular flexibility index (Phi) is 4.29. The lowest BCUT2D eigenvalue weighted by Gasteiger charge is -2.03. The third-order valence-corrected chi connectivity index (χ3v) is 3.83. The summed E-state index contributed by atoms with van der Waals surface area (Å²) in [5.74, 6) is -1.87. The summed E-state index contributed by atoms with van der Waals surface area (Å²) in [7, 11) is 0. The maximum absolute atomic E-state index is 11.9. The van der Waals surface area contributed by atoms with Crippen LogP contribution in [0.3, 0.4) is 0 Å². The molecule has 0 atom stereocenters. The van der Waals surface area contributed by atoms with E-state index in [9.17, 15) is 19.7 Å². The number of rotatable bonds is 4. The molecule has 0 saturated heterocycles. The minimum absolute atomic E-state index is 0.0435. The highest BCUT2D eigenvalue weighted by atomic mass is 79.9. The van der Waals surface area contributed by atoms with Gasteiger partial charge in [-0.15, -0.1) is 11.3 Å². The van der Waals surface area contributed by atoms with Crippen molar-refractivity contribution in [2.75, 3.05) is 5.32 Å². The molecule has 8 nitrogen and oxygen atoms in total. The molecule has 108 valence electrons. The zero-order valence-corrected chi connectivity index (χ0v) is 12.5. The van der Waals surface area contributed by atoms with Gasteiger partial charge in [-0.3, -0.25) is 14.9 Å². The highest BCUT2D eigenvalue weighted by Crippen LogP contribution is 2.28. The van der Waals surface area contributed by atoms with Gasteiger partial charge in [0.2, 0.25) is 0 Å². The first-order valence-electron chi connectivity index (χ1n) is 5.32. The van der Waals surface area contributed by atoms with Crippen LogP contribution in [0.25, 0.3) is 0 Å². The van der Waals surface area contributed by atoms with Gasteiger partial charge in [0.25, 0.3) is 11.6 Å². The molecule has 21 heavy (non-hydrogen) atoms. The lowest BCUT2D eigenvalue weighted by atomic mass is 10.3. The van der Waals surface area contributed by atoms with Gasteiger partial charge in [-0.25, -0.2) is 9.78 Å². The smallest absolute Gasteiger partial charge is 0.355 e. The van der Waals surface area contributed by atoms with Gasteiger partial charge in [0.15, 0.2) is 10.7 Å². The molecule has 1 amide bonds. The Morgan fingerprint density at radius 2 is 2.14 bits per heavy atom. The number of aromatic carboxylic acids is 1. The number of nitro groups is 1. The lowest BCUT2D eigenvalue weighted by Crippen LogP contribution is -2.12. The van der Waals surface area contributed by atoms with Crippen molar-refractivity contribution in [1.82, 2.24) is 4.98 Å². The Labute approximate surface area is 129 Å². The van der Waals surface area contributed by atoms with Gasteiger partial charge in [0.05, 0.1) is 9.40 Å². The van der Waals surface area contributed by atoms with Crippen LogP contribution in [0.15, 0.2) is 28.1 Å². The van der Waals surface area contributed by atoms with Crippen molar-refractivity contribution in [3.63, 3.8) is 0 Å². The van der Waals surface area contributed by atoms with Gasteiger partial charge in [0, 0.05) is 17.1 Å². The SMILES string of the molecule is O=C(O)c1csc(C(=O)Nc2ccc(Br)c([N+](=O)[O-])c2)n1. The zero-order valence-electron chi connectivity index (χ0n) is 10.1. The predicted octanol–water partition coefficient (Wildman–Crippen LogP) is 2.76. The molecule has 1 aromatic carbocycles. The molecule has 0 spiro atoms. The number of anilines is 1. The van der Waals surface area contributed by atoms with E-state index in [1.54, 1.807) is 0 Å². The number of thiazole rings is 1. The summed E-state index contributed by atoms with van der Waals surface area (Å²) in [4.78, 5) is 36.4. The largest absolute Gasteiger partial charge is 0.476 e. The summed E-state index contributed by atoms with van der Waals surface area (Å²) in [6.07, 6.45) is 0. The first-order chi connectivity index (χ1) is 9.88. The number of nitro benzene ring substituents is 1. The topological polar surface area (TPSA) is 122 Å². The maximum Gasteiger partial charge on any atom is 0.355 e. The van der Waals surface area contributed by atoms with Crippen molar-refractivity contribution >= 4 is 50.5 Å². The second-order valence-corrected chi connectivity index (χ2v) is 5.43. The monoisotopic (exact) mass is 371 g/mol. The summed E-state index contributed by atoms with van der Waals surface area (Å²) in [6, 6.07) is 4.09. The fourth-order valence-electron chi connectivity index (χ4n) is 1.39. The van der Waals surface area contributed by atoms with Crippen molar-refractivity contribution in [1.29, 1.82) is 0 Å². The van der Waals surface area contributed by atoms with Crippen molar-refractivity contribution in [2.45, 2.75) is 0 Å². The van der Waals surface area contributed by atoms with Gasteiger partial charge < -0.3 is 10.4 Å².